The van der Waals surface area contributed by atoms with Gasteiger partial charge in [0.15, 0.2) is 0 Å². The highest BCUT2D eigenvalue weighted by atomic mass is 16.4. The van der Waals surface area contributed by atoms with E-state index < -0.39 is 0 Å². The van der Waals surface area contributed by atoms with Crippen LogP contribution in [0, 0.1) is 5.92 Å². The van der Waals surface area contributed by atoms with Crippen molar-refractivity contribution in [3.63, 3.8) is 0 Å². The molecule has 15 heavy (non-hydrogen) atoms. The molecule has 0 aliphatic carbocycles. The molecule has 1 rings (SSSR count). The normalized spacial score (nSPS) is 12.5. The number of carbonyl (C=O) groups excluding carboxylic acids is 1. The first-order valence-corrected chi connectivity index (χ1v) is 5.08. The number of aromatic nitrogens is 1. The van der Waals surface area contributed by atoms with Gasteiger partial charge in [-0.2, -0.15) is 0 Å². The molecule has 0 fully saturated rings. The number of carbonyl (C=O) groups is 1. The minimum absolute atomic E-state index is 0.0752. The van der Waals surface area contributed by atoms with Crippen molar-refractivity contribution in [3.8, 4) is 0 Å². The molecule has 0 aliphatic heterocycles. The van der Waals surface area contributed by atoms with Crippen LogP contribution in [-0.4, -0.2) is 17.4 Å². The maximum atomic E-state index is 11.4. The highest BCUT2D eigenvalue weighted by molar-refractivity contribution is 5.78. The Labute approximate surface area is 89.1 Å². The average Bonchev–Trinajstić information content (AvgIpc) is 2.72. The third kappa shape index (κ3) is 3.36. The second-order valence-electron chi connectivity index (χ2n) is 3.43. The van der Waals surface area contributed by atoms with Gasteiger partial charge < -0.3 is 15.5 Å². The molecular formula is C10H17N3O2. The van der Waals surface area contributed by atoms with E-state index in [0.717, 1.165) is 12.2 Å². The maximum Gasteiger partial charge on any atom is 0.224 e. The number of aryl methyl sites for hydroxylation is 1. The number of hydrogen-bond donors (Lipinski definition) is 2. The van der Waals surface area contributed by atoms with E-state index in [1.807, 2.05) is 6.92 Å². The van der Waals surface area contributed by atoms with E-state index >= 15 is 0 Å². The van der Waals surface area contributed by atoms with Gasteiger partial charge in [-0.3, -0.25) is 4.79 Å². The van der Waals surface area contributed by atoms with Crippen LogP contribution in [0.4, 0.5) is 0 Å². The number of amides is 1. The van der Waals surface area contributed by atoms with Crippen molar-refractivity contribution in [3.05, 3.63) is 17.8 Å². The Hall–Kier alpha value is -1.36. The van der Waals surface area contributed by atoms with Gasteiger partial charge in [-0.05, 0) is 0 Å². The first kappa shape index (κ1) is 11.7. The number of hydrogen-bond acceptors (Lipinski definition) is 4. The molecule has 1 aromatic heterocycles. The second-order valence-corrected chi connectivity index (χ2v) is 3.43. The summed E-state index contributed by atoms with van der Waals surface area (Å²) >= 11 is 0. The number of nitrogens with zero attached hydrogens (tertiary/aromatic N) is 1. The van der Waals surface area contributed by atoms with Crippen molar-refractivity contribution in [1.29, 1.82) is 0 Å². The SMILES string of the molecule is CCc1cnc(CNC(=O)C(C)CN)o1. The third-order valence-corrected chi connectivity index (χ3v) is 2.16. The van der Waals surface area contributed by atoms with E-state index in [2.05, 4.69) is 10.3 Å². The zero-order valence-electron chi connectivity index (χ0n) is 9.12. The van der Waals surface area contributed by atoms with E-state index in [0.29, 0.717) is 19.0 Å². The monoisotopic (exact) mass is 211 g/mol. The van der Waals surface area contributed by atoms with Crippen LogP contribution in [0.2, 0.25) is 0 Å². The van der Waals surface area contributed by atoms with E-state index in [1.54, 1.807) is 13.1 Å². The minimum Gasteiger partial charge on any atom is -0.444 e. The van der Waals surface area contributed by atoms with Crippen molar-refractivity contribution >= 4 is 5.91 Å². The molecule has 5 heteroatoms. The molecule has 0 bridgehead atoms. The zero-order chi connectivity index (χ0) is 11.3. The van der Waals surface area contributed by atoms with Gasteiger partial charge in [0.1, 0.15) is 5.76 Å². The van der Waals surface area contributed by atoms with Gasteiger partial charge in [0, 0.05) is 18.9 Å². The smallest absolute Gasteiger partial charge is 0.224 e. The summed E-state index contributed by atoms with van der Waals surface area (Å²) in [5.41, 5.74) is 5.37. The molecule has 0 aliphatic rings. The van der Waals surface area contributed by atoms with Crippen LogP contribution in [-0.2, 0) is 17.8 Å². The van der Waals surface area contributed by atoms with Crippen LogP contribution in [0.15, 0.2) is 10.6 Å². The highest BCUT2D eigenvalue weighted by Gasteiger charge is 2.11. The van der Waals surface area contributed by atoms with Crippen molar-refractivity contribution in [2.75, 3.05) is 6.54 Å². The fourth-order valence-electron chi connectivity index (χ4n) is 1.04. The summed E-state index contributed by atoms with van der Waals surface area (Å²) < 4.78 is 5.34. The predicted molar refractivity (Wildman–Crippen MR) is 55.9 cm³/mol. The molecule has 0 saturated carbocycles. The lowest BCUT2D eigenvalue weighted by Gasteiger charge is -2.07. The van der Waals surface area contributed by atoms with Gasteiger partial charge in [-0.1, -0.05) is 13.8 Å². The quantitative estimate of drug-likeness (QED) is 0.740. The van der Waals surface area contributed by atoms with Crippen LogP contribution in [0.1, 0.15) is 25.5 Å². The molecule has 1 amide bonds. The summed E-state index contributed by atoms with van der Waals surface area (Å²) in [6, 6.07) is 0. The summed E-state index contributed by atoms with van der Waals surface area (Å²) in [5, 5.41) is 2.71. The standard InChI is InChI=1S/C10H17N3O2/c1-3-8-5-12-9(15-8)6-13-10(14)7(2)4-11/h5,7H,3-4,6,11H2,1-2H3,(H,13,14). The Balaban J connectivity index is 2.40. The topological polar surface area (TPSA) is 81.2 Å². The molecular weight excluding hydrogens is 194 g/mol. The molecule has 1 atom stereocenters. The maximum absolute atomic E-state index is 11.4. The predicted octanol–water partition coefficient (Wildman–Crippen LogP) is 0.448. The molecule has 1 unspecified atom stereocenters. The van der Waals surface area contributed by atoms with Crippen LogP contribution in [0.25, 0.3) is 0 Å². The van der Waals surface area contributed by atoms with Gasteiger partial charge in [0.2, 0.25) is 11.8 Å². The Morgan fingerprint density at radius 2 is 2.47 bits per heavy atom. The molecule has 1 aromatic rings. The molecule has 0 spiro atoms. The van der Waals surface area contributed by atoms with Gasteiger partial charge in [0.25, 0.3) is 0 Å². The van der Waals surface area contributed by atoms with Crippen molar-refractivity contribution < 1.29 is 9.21 Å². The fourth-order valence-corrected chi connectivity index (χ4v) is 1.04. The van der Waals surface area contributed by atoms with Gasteiger partial charge in [0.05, 0.1) is 12.7 Å². The summed E-state index contributed by atoms with van der Waals surface area (Å²) in [4.78, 5) is 15.4. The average molecular weight is 211 g/mol. The lowest BCUT2D eigenvalue weighted by molar-refractivity contribution is -0.124. The Morgan fingerprint density at radius 1 is 1.73 bits per heavy atom. The summed E-state index contributed by atoms with van der Waals surface area (Å²) in [6.45, 7) is 4.43. The number of nitrogens with one attached hydrogen (secondary N) is 1. The Bertz CT molecular complexity index is 322. The number of rotatable bonds is 5. The van der Waals surface area contributed by atoms with Gasteiger partial charge in [-0.15, -0.1) is 0 Å². The summed E-state index contributed by atoms with van der Waals surface area (Å²) in [5.74, 6) is 1.11. The molecule has 0 radical (unpaired) electrons. The van der Waals surface area contributed by atoms with Crippen molar-refractivity contribution in [2.45, 2.75) is 26.8 Å². The molecule has 5 nitrogen and oxygen atoms in total. The molecule has 0 aromatic carbocycles. The van der Waals surface area contributed by atoms with Crippen molar-refractivity contribution in [1.82, 2.24) is 10.3 Å². The van der Waals surface area contributed by atoms with Crippen LogP contribution < -0.4 is 11.1 Å². The van der Waals surface area contributed by atoms with Crippen LogP contribution in [0.3, 0.4) is 0 Å². The van der Waals surface area contributed by atoms with Gasteiger partial charge >= 0.3 is 0 Å². The van der Waals surface area contributed by atoms with Crippen LogP contribution >= 0.6 is 0 Å². The number of oxazole rings is 1. The molecule has 3 N–H and O–H groups in total. The van der Waals surface area contributed by atoms with Crippen molar-refractivity contribution in [2.24, 2.45) is 11.7 Å². The van der Waals surface area contributed by atoms with Gasteiger partial charge in [-0.25, -0.2) is 4.98 Å². The van der Waals surface area contributed by atoms with E-state index in [-0.39, 0.29) is 11.8 Å². The fraction of sp³-hybridized carbons (Fsp3) is 0.600. The first-order valence-electron chi connectivity index (χ1n) is 5.08. The summed E-state index contributed by atoms with van der Waals surface area (Å²) in [6.07, 6.45) is 2.48. The van der Waals surface area contributed by atoms with E-state index in [1.165, 1.54) is 0 Å². The van der Waals surface area contributed by atoms with E-state index in [4.69, 9.17) is 10.2 Å². The number of nitrogens with two attached hydrogens (primary N) is 1. The van der Waals surface area contributed by atoms with Crippen LogP contribution in [0.5, 0.6) is 0 Å². The Morgan fingerprint density at radius 3 is 3.00 bits per heavy atom. The lowest BCUT2D eigenvalue weighted by Crippen LogP contribution is -2.32. The molecule has 1 heterocycles. The minimum atomic E-state index is -0.175. The first-order chi connectivity index (χ1) is 7.17. The second kappa shape index (κ2) is 5.50. The van der Waals surface area contributed by atoms with E-state index in [9.17, 15) is 4.79 Å². The molecule has 84 valence electrons. The summed E-state index contributed by atoms with van der Waals surface area (Å²) in [7, 11) is 0. The lowest BCUT2D eigenvalue weighted by atomic mass is 10.2. The zero-order valence-corrected chi connectivity index (χ0v) is 9.12. The Kier molecular flexibility index (Phi) is 4.30. The molecule has 0 saturated heterocycles. The highest BCUT2D eigenvalue weighted by Crippen LogP contribution is 2.03. The third-order valence-electron chi connectivity index (χ3n) is 2.16. The largest absolute Gasteiger partial charge is 0.444 e.